The number of halogens is 1. The van der Waals surface area contributed by atoms with E-state index >= 15 is 0 Å². The smallest absolute Gasteiger partial charge is 0.297 e. The van der Waals surface area contributed by atoms with Crippen LogP contribution in [0, 0.1) is 16.7 Å². The molecule has 4 nitrogen and oxygen atoms in total. The highest BCUT2D eigenvalue weighted by atomic mass is 35.5. The molecule has 2 aliphatic carbocycles. The molecule has 0 spiro atoms. The van der Waals surface area contributed by atoms with E-state index in [1.54, 1.807) is 0 Å². The van der Waals surface area contributed by atoms with E-state index in [4.69, 9.17) is 16.4 Å². The highest BCUT2D eigenvalue weighted by Crippen LogP contribution is 2.66. The number of nitrogens with zero attached hydrogens (tertiary/aromatic N) is 1. The molecule has 0 radical (unpaired) electrons. The first kappa shape index (κ1) is 19.7. The molecule has 2 aliphatic rings. The van der Waals surface area contributed by atoms with Crippen molar-refractivity contribution in [3.8, 4) is 0 Å². The third-order valence-corrected chi connectivity index (χ3v) is 7.08. The zero-order valence-corrected chi connectivity index (χ0v) is 17.7. The molecule has 2 bridgehead atoms. The van der Waals surface area contributed by atoms with Crippen molar-refractivity contribution in [2.45, 2.75) is 33.6 Å². The maximum absolute atomic E-state index is 12.3. The predicted molar refractivity (Wildman–Crippen MR) is 118 cm³/mol. The Hall–Kier alpha value is -2.59. The number of anilines is 1. The van der Waals surface area contributed by atoms with Crippen LogP contribution in [0.4, 0.5) is 10.5 Å². The molecule has 0 saturated heterocycles. The number of carbonyl (C=O) groups excluding carboxylic acids is 1. The van der Waals surface area contributed by atoms with Gasteiger partial charge in [0.05, 0.1) is 5.71 Å². The van der Waals surface area contributed by atoms with E-state index in [0.29, 0.717) is 16.6 Å². The fraction of sp³-hybridized carbons (Fsp3) is 0.333. The molecule has 5 heteroatoms. The van der Waals surface area contributed by atoms with Crippen LogP contribution in [0.15, 0.2) is 65.3 Å². The molecular weight excluding hydrogens is 384 g/mol. The molecule has 4 rings (SSSR count). The number of fused-ring (bicyclic) bond motifs is 2. The van der Waals surface area contributed by atoms with Gasteiger partial charge < -0.3 is 0 Å². The summed E-state index contributed by atoms with van der Waals surface area (Å²) in [6, 6.07) is 17.0. The van der Waals surface area contributed by atoms with Gasteiger partial charge in [0.1, 0.15) is 0 Å². The van der Waals surface area contributed by atoms with E-state index in [0.717, 1.165) is 29.7 Å². The molecule has 29 heavy (non-hydrogen) atoms. The molecular formula is C24H25ClN2O2. The van der Waals surface area contributed by atoms with Gasteiger partial charge in [0.15, 0.2) is 0 Å². The van der Waals surface area contributed by atoms with Crippen molar-refractivity contribution in [3.05, 3.63) is 70.8 Å². The standard InChI is InChI=1S/C24H25ClN2O2/c1-23(2)20-13-14-24(23,3)21(19(20)15-16-9-11-17(25)12-10-16)27-29-22(28)26-18-7-5-4-6-8-18/h4-12,15,20H,13-14H2,1-3H3,(H,26,28). The second-order valence-electron chi connectivity index (χ2n) is 8.61. The van der Waals surface area contributed by atoms with Crippen molar-refractivity contribution >= 4 is 35.2 Å². The van der Waals surface area contributed by atoms with E-state index in [9.17, 15) is 4.79 Å². The molecule has 1 amide bonds. The normalized spacial score (nSPS) is 27.4. The second-order valence-corrected chi connectivity index (χ2v) is 9.04. The van der Waals surface area contributed by atoms with Gasteiger partial charge in [-0.3, -0.25) is 10.2 Å². The Morgan fingerprint density at radius 1 is 1.14 bits per heavy atom. The Balaban J connectivity index is 1.64. The summed E-state index contributed by atoms with van der Waals surface area (Å²) in [7, 11) is 0. The van der Waals surface area contributed by atoms with Gasteiger partial charge in [-0.05, 0) is 65.7 Å². The van der Waals surface area contributed by atoms with Gasteiger partial charge in [0.2, 0.25) is 0 Å². The maximum atomic E-state index is 12.3. The maximum Gasteiger partial charge on any atom is 0.437 e. The average Bonchev–Trinajstić information content (AvgIpc) is 3.01. The molecule has 2 aromatic carbocycles. The zero-order valence-electron chi connectivity index (χ0n) is 16.9. The number of hydrogen-bond acceptors (Lipinski definition) is 3. The molecule has 2 saturated carbocycles. The Morgan fingerprint density at radius 3 is 2.52 bits per heavy atom. The van der Waals surface area contributed by atoms with Crippen LogP contribution in [-0.4, -0.2) is 11.8 Å². The third-order valence-electron chi connectivity index (χ3n) is 6.83. The number of benzene rings is 2. The first-order valence-corrected chi connectivity index (χ1v) is 10.3. The van der Waals surface area contributed by atoms with Gasteiger partial charge in [-0.2, -0.15) is 0 Å². The summed E-state index contributed by atoms with van der Waals surface area (Å²) in [6.07, 6.45) is 3.71. The summed E-state index contributed by atoms with van der Waals surface area (Å²) < 4.78 is 0. The summed E-state index contributed by atoms with van der Waals surface area (Å²) in [6.45, 7) is 6.80. The van der Waals surface area contributed by atoms with Crippen LogP contribution < -0.4 is 5.32 Å². The number of carbonyl (C=O) groups is 1. The van der Waals surface area contributed by atoms with Gasteiger partial charge in [0, 0.05) is 16.1 Å². The van der Waals surface area contributed by atoms with E-state index in [1.807, 2.05) is 54.6 Å². The van der Waals surface area contributed by atoms with Crippen molar-refractivity contribution < 1.29 is 9.63 Å². The number of oxime groups is 1. The average molecular weight is 409 g/mol. The minimum absolute atomic E-state index is 0.0450. The number of rotatable bonds is 3. The number of para-hydroxylation sites is 1. The summed E-state index contributed by atoms with van der Waals surface area (Å²) in [4.78, 5) is 17.6. The van der Waals surface area contributed by atoms with Crippen LogP contribution in [0.3, 0.4) is 0 Å². The number of nitrogens with one attached hydrogen (secondary N) is 1. The predicted octanol–water partition coefficient (Wildman–Crippen LogP) is 6.78. The van der Waals surface area contributed by atoms with Gasteiger partial charge in [-0.1, -0.05) is 67.9 Å². The van der Waals surface area contributed by atoms with Crippen LogP contribution in [0.2, 0.25) is 5.02 Å². The second kappa shape index (κ2) is 7.34. The minimum Gasteiger partial charge on any atom is -0.297 e. The van der Waals surface area contributed by atoms with Crippen molar-refractivity contribution in [2.24, 2.45) is 21.9 Å². The van der Waals surface area contributed by atoms with Crippen LogP contribution >= 0.6 is 11.6 Å². The summed E-state index contributed by atoms with van der Waals surface area (Å²) in [5.41, 5.74) is 3.68. The van der Waals surface area contributed by atoms with Gasteiger partial charge in [-0.25, -0.2) is 4.79 Å². The highest BCUT2D eigenvalue weighted by Gasteiger charge is 2.62. The Kier molecular flexibility index (Phi) is 4.99. The fourth-order valence-electron chi connectivity index (χ4n) is 4.76. The zero-order chi connectivity index (χ0) is 20.6. The van der Waals surface area contributed by atoms with Crippen molar-refractivity contribution in [3.63, 3.8) is 0 Å². The first-order chi connectivity index (χ1) is 13.8. The number of allylic oxidation sites excluding steroid dienone is 1. The minimum atomic E-state index is -0.585. The summed E-state index contributed by atoms with van der Waals surface area (Å²) in [5.74, 6) is 0.378. The molecule has 0 aliphatic heterocycles. The summed E-state index contributed by atoms with van der Waals surface area (Å²) in [5, 5.41) is 7.80. The quantitative estimate of drug-likeness (QED) is 0.449. The van der Waals surface area contributed by atoms with Crippen LogP contribution in [-0.2, 0) is 4.84 Å². The Bertz CT molecular complexity index is 980. The van der Waals surface area contributed by atoms with Gasteiger partial charge in [-0.15, -0.1) is 0 Å². The molecule has 0 aromatic heterocycles. The van der Waals surface area contributed by atoms with Crippen LogP contribution in [0.1, 0.15) is 39.2 Å². The number of hydrogen-bond donors (Lipinski definition) is 1. The molecule has 2 atom stereocenters. The lowest BCUT2D eigenvalue weighted by Gasteiger charge is -2.33. The van der Waals surface area contributed by atoms with Crippen molar-refractivity contribution in [2.75, 3.05) is 5.32 Å². The first-order valence-electron chi connectivity index (χ1n) is 9.90. The lowest BCUT2D eigenvalue weighted by atomic mass is 9.70. The fourth-order valence-corrected chi connectivity index (χ4v) is 4.89. The Morgan fingerprint density at radius 2 is 1.83 bits per heavy atom. The van der Waals surface area contributed by atoms with E-state index in [1.165, 1.54) is 0 Å². The van der Waals surface area contributed by atoms with Crippen molar-refractivity contribution in [1.82, 2.24) is 0 Å². The molecule has 1 N–H and O–H groups in total. The largest absolute Gasteiger partial charge is 0.437 e. The van der Waals surface area contributed by atoms with E-state index in [2.05, 4.69) is 37.3 Å². The van der Waals surface area contributed by atoms with E-state index in [-0.39, 0.29) is 10.8 Å². The molecule has 0 heterocycles. The topological polar surface area (TPSA) is 50.7 Å². The van der Waals surface area contributed by atoms with E-state index < -0.39 is 6.09 Å². The SMILES string of the molecule is CC12CCC(C(=Cc3ccc(Cl)cc3)C1=NOC(=O)Nc1ccccc1)C2(C)C. The molecule has 2 aromatic rings. The van der Waals surface area contributed by atoms with Gasteiger partial charge in [0.25, 0.3) is 0 Å². The molecule has 2 fully saturated rings. The lowest BCUT2D eigenvalue weighted by molar-refractivity contribution is 0.160. The molecule has 150 valence electrons. The monoisotopic (exact) mass is 408 g/mol. The third kappa shape index (κ3) is 3.46. The molecule has 2 unspecified atom stereocenters. The number of amides is 1. The highest BCUT2D eigenvalue weighted by molar-refractivity contribution is 6.30. The van der Waals surface area contributed by atoms with Crippen LogP contribution in [0.5, 0.6) is 0 Å². The lowest BCUT2D eigenvalue weighted by Crippen LogP contribution is -2.33. The van der Waals surface area contributed by atoms with Crippen LogP contribution in [0.25, 0.3) is 6.08 Å². The van der Waals surface area contributed by atoms with Gasteiger partial charge >= 0.3 is 6.09 Å². The Labute approximate surface area is 176 Å². The van der Waals surface area contributed by atoms with Crippen molar-refractivity contribution in [1.29, 1.82) is 0 Å². The summed E-state index contributed by atoms with van der Waals surface area (Å²) >= 11 is 6.03.